The van der Waals surface area contributed by atoms with E-state index in [4.69, 9.17) is 0 Å². The Morgan fingerprint density at radius 2 is 1.93 bits per heavy atom. The fourth-order valence-corrected chi connectivity index (χ4v) is 2.41. The Bertz CT molecular complexity index is 437. The van der Waals surface area contributed by atoms with E-state index in [1.165, 1.54) is 5.56 Å². The predicted molar refractivity (Wildman–Crippen MR) is 68.8 cm³/mol. The van der Waals surface area contributed by atoms with Crippen LogP contribution >= 0.6 is 31.9 Å². The molecule has 2 nitrogen and oxygen atoms in total. The Kier molecular flexibility index (Phi) is 3.59. The number of benzene rings is 1. The molecule has 2 rings (SSSR count). The molecule has 0 saturated carbocycles. The molecular weight excluding hydrogens is 320 g/mol. The van der Waals surface area contributed by atoms with Crippen molar-refractivity contribution in [3.63, 3.8) is 0 Å². The smallest absolute Gasteiger partial charge is 0.113 e. The van der Waals surface area contributed by atoms with Crippen LogP contribution in [-0.4, -0.2) is 15.1 Å². The fraction of sp³-hybridized carbons (Fsp3) is 0.182. The number of nitrogens with zero attached hydrogens (tertiary/aromatic N) is 2. The number of rotatable bonds is 3. The molecule has 0 bridgehead atoms. The van der Waals surface area contributed by atoms with E-state index >= 15 is 0 Å². The maximum Gasteiger partial charge on any atom is 0.113 e. The van der Waals surface area contributed by atoms with Gasteiger partial charge in [-0.1, -0.05) is 34.1 Å². The SMILES string of the molecule is BrCCc1cnn(-c2ccccc2)c1Br. The third-order valence-corrected chi connectivity index (χ3v) is 3.39. The summed E-state index contributed by atoms with van der Waals surface area (Å²) in [5.74, 6) is 0. The van der Waals surface area contributed by atoms with Crippen molar-refractivity contribution >= 4 is 31.9 Å². The van der Waals surface area contributed by atoms with Crippen LogP contribution in [0.25, 0.3) is 5.69 Å². The lowest BCUT2D eigenvalue weighted by molar-refractivity contribution is 0.859. The van der Waals surface area contributed by atoms with Crippen LogP contribution in [0.15, 0.2) is 41.1 Å². The molecule has 0 N–H and O–H groups in total. The maximum absolute atomic E-state index is 4.35. The lowest BCUT2D eigenvalue weighted by Gasteiger charge is -2.02. The van der Waals surface area contributed by atoms with Crippen LogP contribution in [0.3, 0.4) is 0 Å². The van der Waals surface area contributed by atoms with Crippen LogP contribution in [0, 0.1) is 0 Å². The number of aryl methyl sites for hydroxylation is 1. The molecule has 0 atom stereocenters. The molecule has 78 valence electrons. The highest BCUT2D eigenvalue weighted by atomic mass is 79.9. The van der Waals surface area contributed by atoms with Gasteiger partial charge in [0.2, 0.25) is 0 Å². The van der Waals surface area contributed by atoms with Gasteiger partial charge in [0.15, 0.2) is 0 Å². The molecule has 0 aliphatic rings. The zero-order valence-corrected chi connectivity index (χ0v) is 11.2. The van der Waals surface area contributed by atoms with E-state index in [1.807, 2.05) is 41.2 Å². The summed E-state index contributed by atoms with van der Waals surface area (Å²) in [5.41, 5.74) is 2.29. The number of aromatic nitrogens is 2. The van der Waals surface area contributed by atoms with Crippen molar-refractivity contribution in [1.82, 2.24) is 9.78 Å². The summed E-state index contributed by atoms with van der Waals surface area (Å²) in [5, 5.41) is 5.30. The van der Waals surface area contributed by atoms with Crippen molar-refractivity contribution in [3.05, 3.63) is 46.7 Å². The van der Waals surface area contributed by atoms with Crippen LogP contribution in [0.2, 0.25) is 0 Å². The normalized spacial score (nSPS) is 10.5. The maximum atomic E-state index is 4.35. The van der Waals surface area contributed by atoms with Gasteiger partial charge in [0.1, 0.15) is 4.60 Å². The van der Waals surface area contributed by atoms with Gasteiger partial charge in [-0.05, 0) is 34.5 Å². The Labute approximate surface area is 106 Å². The summed E-state index contributed by atoms with van der Waals surface area (Å²) in [7, 11) is 0. The second kappa shape index (κ2) is 4.94. The van der Waals surface area contributed by atoms with Crippen LogP contribution in [0.4, 0.5) is 0 Å². The standard InChI is InChI=1S/C11H10Br2N2/c12-7-6-9-8-14-15(11(9)13)10-4-2-1-3-5-10/h1-5,8H,6-7H2. The van der Waals surface area contributed by atoms with E-state index in [0.717, 1.165) is 22.0 Å². The quantitative estimate of drug-likeness (QED) is 0.787. The van der Waals surface area contributed by atoms with Crippen LogP contribution < -0.4 is 0 Å². The third-order valence-electron chi connectivity index (χ3n) is 2.14. The van der Waals surface area contributed by atoms with Crippen molar-refractivity contribution in [1.29, 1.82) is 0 Å². The molecule has 4 heteroatoms. The molecule has 0 amide bonds. The van der Waals surface area contributed by atoms with Crippen molar-refractivity contribution in [3.8, 4) is 5.69 Å². The second-order valence-electron chi connectivity index (χ2n) is 3.15. The van der Waals surface area contributed by atoms with E-state index in [2.05, 4.69) is 37.0 Å². The predicted octanol–water partition coefficient (Wildman–Crippen LogP) is 3.57. The molecule has 1 aromatic carbocycles. The van der Waals surface area contributed by atoms with Gasteiger partial charge in [0.05, 0.1) is 11.9 Å². The van der Waals surface area contributed by atoms with Crippen LogP contribution in [0.5, 0.6) is 0 Å². The molecule has 0 aliphatic heterocycles. The summed E-state index contributed by atoms with van der Waals surface area (Å²) < 4.78 is 2.94. The largest absolute Gasteiger partial charge is 0.226 e. The third kappa shape index (κ3) is 2.32. The fourth-order valence-electron chi connectivity index (χ4n) is 1.39. The van der Waals surface area contributed by atoms with Gasteiger partial charge < -0.3 is 0 Å². The topological polar surface area (TPSA) is 17.8 Å². The Morgan fingerprint density at radius 3 is 2.60 bits per heavy atom. The summed E-state index contributed by atoms with van der Waals surface area (Å²) in [6.45, 7) is 0. The zero-order valence-electron chi connectivity index (χ0n) is 8.03. The second-order valence-corrected chi connectivity index (χ2v) is 4.69. The molecule has 1 aromatic heterocycles. The van der Waals surface area contributed by atoms with Crippen LogP contribution in [-0.2, 0) is 6.42 Å². The van der Waals surface area contributed by atoms with Gasteiger partial charge in [-0.3, -0.25) is 0 Å². The minimum absolute atomic E-state index is 0.950. The number of hydrogen-bond acceptors (Lipinski definition) is 1. The molecule has 0 fully saturated rings. The van der Waals surface area contributed by atoms with Gasteiger partial charge in [-0.15, -0.1) is 0 Å². The molecule has 0 aliphatic carbocycles. The first-order valence-corrected chi connectivity index (χ1v) is 6.58. The Hall–Kier alpha value is -0.610. The first kappa shape index (κ1) is 10.9. The number of halogens is 2. The molecule has 0 radical (unpaired) electrons. The van der Waals surface area contributed by atoms with Gasteiger partial charge in [-0.25, -0.2) is 4.68 Å². The van der Waals surface area contributed by atoms with Gasteiger partial charge in [-0.2, -0.15) is 5.10 Å². The summed E-state index contributed by atoms with van der Waals surface area (Å²) in [6.07, 6.45) is 2.88. The lowest BCUT2D eigenvalue weighted by atomic mass is 10.3. The van der Waals surface area contributed by atoms with E-state index in [-0.39, 0.29) is 0 Å². The van der Waals surface area contributed by atoms with Crippen molar-refractivity contribution < 1.29 is 0 Å². The zero-order chi connectivity index (χ0) is 10.7. The van der Waals surface area contributed by atoms with Crippen LogP contribution in [0.1, 0.15) is 5.56 Å². The number of para-hydroxylation sites is 1. The molecule has 2 aromatic rings. The highest BCUT2D eigenvalue weighted by molar-refractivity contribution is 9.10. The summed E-state index contributed by atoms with van der Waals surface area (Å²) >= 11 is 7.00. The first-order chi connectivity index (χ1) is 7.33. The Balaban J connectivity index is 2.38. The van der Waals surface area contributed by atoms with Crippen molar-refractivity contribution in [2.75, 3.05) is 5.33 Å². The molecule has 0 saturated heterocycles. The van der Waals surface area contributed by atoms with Crippen molar-refractivity contribution in [2.24, 2.45) is 0 Å². The number of alkyl halides is 1. The Morgan fingerprint density at radius 1 is 1.20 bits per heavy atom. The average molecular weight is 330 g/mol. The van der Waals surface area contributed by atoms with E-state index in [0.29, 0.717) is 0 Å². The monoisotopic (exact) mass is 328 g/mol. The van der Waals surface area contributed by atoms with Gasteiger partial charge in [0, 0.05) is 10.9 Å². The number of hydrogen-bond donors (Lipinski definition) is 0. The van der Waals surface area contributed by atoms with Gasteiger partial charge in [0.25, 0.3) is 0 Å². The van der Waals surface area contributed by atoms with E-state index in [9.17, 15) is 0 Å². The molecule has 15 heavy (non-hydrogen) atoms. The van der Waals surface area contributed by atoms with Crippen molar-refractivity contribution in [2.45, 2.75) is 6.42 Å². The van der Waals surface area contributed by atoms with E-state index in [1.54, 1.807) is 0 Å². The minimum atomic E-state index is 0.950. The minimum Gasteiger partial charge on any atom is -0.226 e. The lowest BCUT2D eigenvalue weighted by Crippen LogP contribution is -1.96. The molecular formula is C11H10Br2N2. The first-order valence-electron chi connectivity index (χ1n) is 4.66. The summed E-state index contributed by atoms with van der Waals surface area (Å²) in [6, 6.07) is 10.1. The highest BCUT2D eigenvalue weighted by Crippen LogP contribution is 2.21. The van der Waals surface area contributed by atoms with E-state index < -0.39 is 0 Å². The van der Waals surface area contributed by atoms with Gasteiger partial charge >= 0.3 is 0 Å². The summed E-state index contributed by atoms with van der Waals surface area (Å²) in [4.78, 5) is 0. The highest BCUT2D eigenvalue weighted by Gasteiger charge is 2.08. The molecule has 1 heterocycles. The molecule has 0 spiro atoms. The molecule has 0 unspecified atom stereocenters. The average Bonchev–Trinajstić information content (AvgIpc) is 2.63.